The molecule has 0 aliphatic carbocycles. The number of hydrogen-bond donors (Lipinski definition) is 3. The number of rotatable bonds is 11. The monoisotopic (exact) mass is 622 g/mol. The van der Waals surface area contributed by atoms with Gasteiger partial charge in [-0.1, -0.05) is 103 Å². The van der Waals surface area contributed by atoms with Gasteiger partial charge in [0, 0.05) is 31.0 Å². The molecule has 9 heteroatoms. The van der Waals surface area contributed by atoms with Crippen LogP contribution in [0.5, 0.6) is 0 Å². The topological polar surface area (TPSA) is 124 Å². The summed E-state index contributed by atoms with van der Waals surface area (Å²) < 4.78 is 0. The Morgan fingerprint density at radius 1 is 0.778 bits per heavy atom. The predicted octanol–water partition coefficient (Wildman–Crippen LogP) is 3.43. The summed E-state index contributed by atoms with van der Waals surface area (Å²) in [5.74, 6) is -3.38. The van der Waals surface area contributed by atoms with Crippen molar-refractivity contribution < 1.29 is 29.4 Å². The highest BCUT2D eigenvalue weighted by atomic mass is 31.2. The van der Waals surface area contributed by atoms with Crippen LogP contribution in [0.15, 0.2) is 115 Å². The number of amides is 2. The summed E-state index contributed by atoms with van der Waals surface area (Å²) in [6.45, 7) is 0.530. The second-order valence-electron chi connectivity index (χ2n) is 10.9. The van der Waals surface area contributed by atoms with Crippen molar-refractivity contribution in [2.75, 3.05) is 6.54 Å². The Morgan fingerprint density at radius 3 is 1.62 bits per heavy atom. The molecule has 0 bridgehead atoms. The first-order valence-electron chi connectivity index (χ1n) is 14.8. The Kier molecular flexibility index (Phi) is 9.47. The van der Waals surface area contributed by atoms with Crippen LogP contribution in [-0.4, -0.2) is 62.8 Å². The first-order chi connectivity index (χ1) is 21.7. The second kappa shape index (κ2) is 13.5. The van der Waals surface area contributed by atoms with Crippen molar-refractivity contribution in [2.24, 2.45) is 5.92 Å². The van der Waals surface area contributed by atoms with Gasteiger partial charge in [0.25, 0.3) is 5.91 Å². The summed E-state index contributed by atoms with van der Waals surface area (Å²) in [5, 5.41) is 26.7. The second-order valence-corrected chi connectivity index (χ2v) is 14.2. The predicted molar refractivity (Wildman–Crippen MR) is 177 cm³/mol. The number of nitrogens with one attached hydrogen (secondary N) is 1. The van der Waals surface area contributed by atoms with Crippen molar-refractivity contribution in [1.29, 1.82) is 0 Å². The van der Waals surface area contributed by atoms with Crippen LogP contribution in [0.2, 0.25) is 0 Å². The molecule has 1 aliphatic rings. The lowest BCUT2D eigenvalue weighted by Gasteiger charge is -2.50. The number of benzene rings is 4. The highest BCUT2D eigenvalue weighted by Gasteiger charge is 2.55. The molecule has 1 fully saturated rings. The highest BCUT2D eigenvalue weighted by molar-refractivity contribution is 7.96. The van der Waals surface area contributed by atoms with E-state index < -0.39 is 36.8 Å². The van der Waals surface area contributed by atoms with E-state index in [2.05, 4.69) is 5.32 Å². The van der Waals surface area contributed by atoms with E-state index in [-0.39, 0.29) is 23.5 Å². The van der Waals surface area contributed by atoms with E-state index in [1.165, 1.54) is 11.8 Å². The number of aliphatic carboxylic acids is 1. The lowest BCUT2D eigenvalue weighted by Crippen LogP contribution is -2.68. The van der Waals surface area contributed by atoms with E-state index >= 15 is 0 Å². The number of ketones is 1. The first-order valence-corrected chi connectivity index (χ1v) is 16.6. The average Bonchev–Trinajstić information content (AvgIpc) is 3.05. The average molecular weight is 623 g/mol. The molecule has 2 amide bonds. The largest absolute Gasteiger partial charge is 0.477 e. The van der Waals surface area contributed by atoms with Gasteiger partial charge in [-0.05, 0) is 41.9 Å². The molecule has 0 saturated carbocycles. The normalized spacial score (nSPS) is 16.8. The van der Waals surface area contributed by atoms with Gasteiger partial charge < -0.3 is 20.4 Å². The Morgan fingerprint density at radius 2 is 1.22 bits per heavy atom. The van der Waals surface area contributed by atoms with Crippen LogP contribution in [0.1, 0.15) is 41.0 Å². The van der Waals surface area contributed by atoms with Gasteiger partial charge in [0.1, 0.15) is 5.42 Å². The summed E-state index contributed by atoms with van der Waals surface area (Å²) in [6.07, 6.45) is -1.32. The van der Waals surface area contributed by atoms with E-state index in [0.29, 0.717) is 17.7 Å². The molecule has 1 heterocycles. The maximum absolute atomic E-state index is 13.9. The number of nitrogens with zero attached hydrogens (tertiary/aromatic N) is 1. The number of aliphatic hydroxyl groups is 1. The number of carboxylic acids is 1. The number of aliphatic hydroxyl groups excluding tert-OH is 1. The standard InChI is InChI=1S/C36H35N2O6P/c1-3-37-33(41)26-21-19-25(20-22-26)31(40)23-30-32(24(2)39)34(42)38(30)35(36(43)44)45(27-13-7-4-8-14-27,28-15-9-5-10-16-28)29-17-11-6-12-18-29/h4-22,24,30,32,39H,3,23H2,1-2H3,(H,37,41)(H,43,44)/t24-,30-,32-/m1/s1. The van der Waals surface area contributed by atoms with Crippen LogP contribution in [0, 0.1) is 5.92 Å². The molecule has 0 radical (unpaired) electrons. The minimum absolute atomic E-state index is 0.114. The van der Waals surface area contributed by atoms with Crippen LogP contribution in [-0.2, 0) is 9.59 Å². The van der Waals surface area contributed by atoms with Crippen LogP contribution >= 0.6 is 6.89 Å². The molecule has 3 atom stereocenters. The Bertz CT molecular complexity index is 1650. The number of carbonyl (C=O) groups excluding carboxylic acids is 3. The zero-order valence-corrected chi connectivity index (χ0v) is 25.9. The molecule has 4 aromatic rings. The van der Waals surface area contributed by atoms with Crippen LogP contribution in [0.25, 0.3) is 0 Å². The number of β-lactam (4-membered cyclic amide) rings is 1. The number of carboxylic acid groups (broad SMARTS) is 1. The molecule has 1 saturated heterocycles. The van der Waals surface area contributed by atoms with Crippen molar-refractivity contribution >= 4 is 51.8 Å². The molecule has 5 rings (SSSR count). The molecule has 8 nitrogen and oxygen atoms in total. The summed E-state index contributed by atoms with van der Waals surface area (Å²) in [5.41, 5.74) is 0.608. The van der Waals surface area contributed by atoms with E-state index in [4.69, 9.17) is 0 Å². The van der Waals surface area contributed by atoms with Gasteiger partial charge in [-0.25, -0.2) is 4.79 Å². The van der Waals surface area contributed by atoms with Crippen molar-refractivity contribution in [1.82, 2.24) is 10.2 Å². The fourth-order valence-corrected chi connectivity index (χ4v) is 10.5. The maximum atomic E-state index is 13.9. The first kappa shape index (κ1) is 31.6. The summed E-state index contributed by atoms with van der Waals surface area (Å²) in [4.78, 5) is 54.7. The molecule has 3 N–H and O–H groups in total. The van der Waals surface area contributed by atoms with Gasteiger partial charge in [-0.15, -0.1) is 0 Å². The van der Waals surface area contributed by atoms with Crippen LogP contribution in [0.4, 0.5) is 0 Å². The third kappa shape index (κ3) is 5.87. The molecule has 1 aliphatic heterocycles. The Labute approximate surface area is 262 Å². The van der Waals surface area contributed by atoms with Gasteiger partial charge in [-0.2, -0.15) is 0 Å². The molecular weight excluding hydrogens is 587 g/mol. The molecular formula is C36H35N2O6P. The smallest absolute Gasteiger partial charge is 0.353 e. The third-order valence-corrected chi connectivity index (χ3v) is 12.4. The lowest BCUT2D eigenvalue weighted by atomic mass is 9.79. The SMILES string of the molecule is CCNC(=O)c1ccc(C(=O)C[C@@H]2[C@@H]([C@@H](C)O)C(=O)N2C(C(=O)O)=P(c2ccccc2)(c2ccccc2)c2ccccc2)cc1. The van der Waals surface area contributed by atoms with E-state index in [0.717, 1.165) is 15.9 Å². The number of carbonyl (C=O) groups is 4. The van der Waals surface area contributed by atoms with Gasteiger partial charge in [0.15, 0.2) is 5.78 Å². The van der Waals surface area contributed by atoms with Crippen molar-refractivity contribution in [2.45, 2.75) is 32.4 Å². The van der Waals surface area contributed by atoms with Crippen LogP contribution in [0.3, 0.4) is 0 Å². The van der Waals surface area contributed by atoms with Crippen molar-refractivity contribution in [3.8, 4) is 0 Å². The Balaban J connectivity index is 1.72. The Hall–Kier alpha value is -4.78. The summed E-state index contributed by atoms with van der Waals surface area (Å²) in [7, 11) is 0. The lowest BCUT2D eigenvalue weighted by molar-refractivity contribution is -0.156. The van der Waals surface area contributed by atoms with Crippen molar-refractivity contribution in [3.05, 3.63) is 126 Å². The van der Waals surface area contributed by atoms with Gasteiger partial charge >= 0.3 is 5.97 Å². The number of hydrogen-bond acceptors (Lipinski definition) is 5. The third-order valence-electron chi connectivity index (χ3n) is 8.16. The molecule has 230 valence electrons. The minimum Gasteiger partial charge on any atom is -0.477 e. The van der Waals surface area contributed by atoms with E-state index in [1.54, 1.807) is 24.3 Å². The number of Topliss-reactive ketones (excluding diaryl/α,β-unsaturated/α-hetero) is 1. The quantitative estimate of drug-likeness (QED) is 0.134. The zero-order chi connectivity index (χ0) is 32.1. The van der Waals surface area contributed by atoms with Gasteiger partial charge in [0.05, 0.1) is 18.1 Å². The molecule has 4 aromatic carbocycles. The van der Waals surface area contributed by atoms with Crippen LogP contribution < -0.4 is 21.2 Å². The maximum Gasteiger partial charge on any atom is 0.353 e. The molecule has 0 unspecified atom stereocenters. The molecule has 0 aromatic heterocycles. The minimum atomic E-state index is -3.23. The van der Waals surface area contributed by atoms with E-state index in [1.807, 2.05) is 97.9 Å². The molecule has 45 heavy (non-hydrogen) atoms. The fourth-order valence-electron chi connectivity index (χ4n) is 6.13. The zero-order valence-electron chi connectivity index (χ0n) is 25.0. The summed E-state index contributed by atoms with van der Waals surface area (Å²) in [6, 6.07) is 33.2. The van der Waals surface area contributed by atoms with Gasteiger partial charge in [0.2, 0.25) is 5.91 Å². The highest BCUT2D eigenvalue weighted by Crippen LogP contribution is 2.49. The molecule has 0 spiro atoms. The fraction of sp³-hybridized carbons (Fsp3) is 0.194. The summed E-state index contributed by atoms with van der Waals surface area (Å²) >= 11 is 0. The number of likely N-dealkylation sites (tertiary alicyclic amines) is 1. The van der Waals surface area contributed by atoms with Gasteiger partial charge in [-0.3, -0.25) is 14.4 Å². The van der Waals surface area contributed by atoms with Crippen molar-refractivity contribution in [3.63, 3.8) is 0 Å². The van der Waals surface area contributed by atoms with E-state index in [9.17, 15) is 29.4 Å².